The minimum absolute atomic E-state index is 0.109. The molecule has 0 spiro atoms. The number of nitrogens with one attached hydrogen (secondary N) is 1. The molecule has 0 fully saturated rings. The number of methoxy groups -OCH3 is 1. The van der Waals surface area contributed by atoms with Gasteiger partial charge >= 0.3 is 0 Å². The Balaban J connectivity index is 2.40. The van der Waals surface area contributed by atoms with Gasteiger partial charge in [-0.25, -0.2) is 13.4 Å². The molecule has 0 aliphatic rings. The van der Waals surface area contributed by atoms with Crippen LogP contribution in [-0.4, -0.2) is 50.2 Å². The maximum atomic E-state index is 11.0. The van der Waals surface area contributed by atoms with Crippen molar-refractivity contribution in [2.45, 2.75) is 13.0 Å². The summed E-state index contributed by atoms with van der Waals surface area (Å²) < 4.78 is 28.9. The molecule has 0 saturated carbocycles. The van der Waals surface area contributed by atoms with E-state index in [9.17, 15) is 8.42 Å². The molecule has 1 rings (SSSR count). The predicted molar refractivity (Wildman–Crippen MR) is 66.9 cm³/mol. The van der Waals surface area contributed by atoms with E-state index in [0.29, 0.717) is 19.1 Å². The van der Waals surface area contributed by atoms with E-state index in [0.717, 1.165) is 13.0 Å². The summed E-state index contributed by atoms with van der Waals surface area (Å²) in [7, 11) is -1.26. The SMILES string of the molecule is COCCCn1ccnc1NCCS(C)(=O)=O. The highest BCUT2D eigenvalue weighted by molar-refractivity contribution is 7.90. The Morgan fingerprint density at radius 3 is 2.94 bits per heavy atom. The van der Waals surface area contributed by atoms with Gasteiger partial charge in [0.2, 0.25) is 5.95 Å². The van der Waals surface area contributed by atoms with E-state index in [1.807, 2.05) is 10.8 Å². The number of rotatable bonds is 8. The van der Waals surface area contributed by atoms with Crippen LogP contribution in [0.1, 0.15) is 6.42 Å². The van der Waals surface area contributed by atoms with Gasteiger partial charge in [0.25, 0.3) is 0 Å². The summed E-state index contributed by atoms with van der Waals surface area (Å²) in [5, 5.41) is 3.01. The summed E-state index contributed by atoms with van der Waals surface area (Å²) in [6, 6.07) is 0. The third-order valence-corrected chi connectivity index (χ3v) is 3.16. The molecule has 17 heavy (non-hydrogen) atoms. The molecule has 1 aromatic heterocycles. The fourth-order valence-corrected chi connectivity index (χ4v) is 1.86. The molecule has 1 aromatic rings. The third kappa shape index (κ3) is 5.69. The Labute approximate surface area is 102 Å². The Hall–Kier alpha value is -1.08. The lowest BCUT2D eigenvalue weighted by atomic mass is 10.4. The van der Waals surface area contributed by atoms with Crippen LogP contribution in [0.2, 0.25) is 0 Å². The molecule has 1 N–H and O–H groups in total. The van der Waals surface area contributed by atoms with Gasteiger partial charge < -0.3 is 14.6 Å². The summed E-state index contributed by atoms with van der Waals surface area (Å²) in [4.78, 5) is 4.13. The summed E-state index contributed by atoms with van der Waals surface area (Å²) in [6.45, 7) is 1.87. The maximum Gasteiger partial charge on any atom is 0.202 e. The fourth-order valence-electron chi connectivity index (χ4n) is 1.38. The van der Waals surface area contributed by atoms with E-state index < -0.39 is 9.84 Å². The largest absolute Gasteiger partial charge is 0.385 e. The zero-order valence-electron chi connectivity index (χ0n) is 10.2. The molecule has 0 aliphatic heterocycles. The number of hydrogen-bond acceptors (Lipinski definition) is 5. The maximum absolute atomic E-state index is 11.0. The van der Waals surface area contributed by atoms with Crippen molar-refractivity contribution in [3.05, 3.63) is 12.4 Å². The second kappa shape index (κ2) is 6.61. The average Bonchev–Trinajstić information content (AvgIpc) is 2.64. The van der Waals surface area contributed by atoms with E-state index in [1.54, 1.807) is 13.3 Å². The number of anilines is 1. The van der Waals surface area contributed by atoms with E-state index in [-0.39, 0.29) is 5.75 Å². The lowest BCUT2D eigenvalue weighted by Gasteiger charge is -2.08. The van der Waals surface area contributed by atoms with Gasteiger partial charge in [0.05, 0.1) is 5.75 Å². The standard InChI is InChI=1S/C10H19N3O3S/c1-16-8-3-6-13-7-4-11-10(13)12-5-9-17(2,14)15/h4,7H,3,5-6,8-9H2,1-2H3,(H,11,12). The molecule has 6 nitrogen and oxygen atoms in total. The average molecular weight is 261 g/mol. The lowest BCUT2D eigenvalue weighted by molar-refractivity contribution is 0.190. The number of aromatic nitrogens is 2. The van der Waals surface area contributed by atoms with Crippen molar-refractivity contribution in [1.29, 1.82) is 0 Å². The number of imidazole rings is 1. The quantitative estimate of drug-likeness (QED) is 0.685. The molecule has 0 saturated heterocycles. The van der Waals surface area contributed by atoms with E-state index in [1.165, 1.54) is 6.26 Å². The van der Waals surface area contributed by atoms with Gasteiger partial charge in [0.1, 0.15) is 9.84 Å². The fraction of sp³-hybridized carbons (Fsp3) is 0.700. The van der Waals surface area contributed by atoms with Crippen LogP contribution in [0.3, 0.4) is 0 Å². The minimum atomic E-state index is -2.93. The molecular weight excluding hydrogens is 242 g/mol. The van der Waals surface area contributed by atoms with Gasteiger partial charge in [-0.2, -0.15) is 0 Å². The Bertz CT molecular complexity index is 428. The van der Waals surface area contributed by atoms with Crippen LogP contribution in [0, 0.1) is 0 Å². The van der Waals surface area contributed by atoms with Crippen LogP contribution in [0.15, 0.2) is 12.4 Å². The van der Waals surface area contributed by atoms with Crippen LogP contribution in [0.25, 0.3) is 0 Å². The second-order valence-electron chi connectivity index (χ2n) is 3.85. The van der Waals surface area contributed by atoms with Crippen LogP contribution in [0.4, 0.5) is 5.95 Å². The van der Waals surface area contributed by atoms with Gasteiger partial charge in [0, 0.05) is 45.5 Å². The van der Waals surface area contributed by atoms with Crippen molar-refractivity contribution in [2.75, 3.05) is 37.6 Å². The first-order chi connectivity index (χ1) is 8.03. The van der Waals surface area contributed by atoms with Gasteiger partial charge in [-0.1, -0.05) is 0 Å². The van der Waals surface area contributed by atoms with E-state index >= 15 is 0 Å². The first-order valence-corrected chi connectivity index (χ1v) is 7.50. The minimum Gasteiger partial charge on any atom is -0.385 e. The Kier molecular flexibility index (Phi) is 5.43. The molecular formula is C10H19N3O3S. The van der Waals surface area contributed by atoms with Crippen molar-refractivity contribution in [3.63, 3.8) is 0 Å². The van der Waals surface area contributed by atoms with Crippen LogP contribution in [0.5, 0.6) is 0 Å². The molecule has 0 aliphatic carbocycles. The van der Waals surface area contributed by atoms with Gasteiger partial charge in [-0.3, -0.25) is 0 Å². The van der Waals surface area contributed by atoms with Crippen LogP contribution >= 0.6 is 0 Å². The molecule has 0 radical (unpaired) electrons. The normalized spacial score (nSPS) is 11.6. The first kappa shape index (κ1) is 14.0. The zero-order chi connectivity index (χ0) is 12.7. The number of nitrogens with zero attached hydrogens (tertiary/aromatic N) is 2. The highest BCUT2D eigenvalue weighted by Gasteiger charge is 2.04. The molecule has 1 heterocycles. The van der Waals surface area contributed by atoms with Gasteiger partial charge in [-0.05, 0) is 6.42 Å². The van der Waals surface area contributed by atoms with Crippen molar-refractivity contribution in [3.8, 4) is 0 Å². The Morgan fingerprint density at radius 1 is 1.53 bits per heavy atom. The molecule has 7 heteroatoms. The second-order valence-corrected chi connectivity index (χ2v) is 6.11. The van der Waals surface area contributed by atoms with Gasteiger partial charge in [0.15, 0.2) is 0 Å². The van der Waals surface area contributed by atoms with Gasteiger partial charge in [-0.15, -0.1) is 0 Å². The zero-order valence-corrected chi connectivity index (χ0v) is 11.0. The van der Waals surface area contributed by atoms with Crippen LogP contribution in [-0.2, 0) is 21.1 Å². The van der Waals surface area contributed by atoms with Crippen molar-refractivity contribution in [1.82, 2.24) is 9.55 Å². The smallest absolute Gasteiger partial charge is 0.202 e. The van der Waals surface area contributed by atoms with E-state index in [2.05, 4.69) is 10.3 Å². The molecule has 0 atom stereocenters. The summed E-state index contributed by atoms with van der Waals surface area (Å²) in [6.07, 6.45) is 5.67. The van der Waals surface area contributed by atoms with Crippen molar-refractivity contribution in [2.24, 2.45) is 0 Å². The number of hydrogen-bond donors (Lipinski definition) is 1. The Morgan fingerprint density at radius 2 is 2.29 bits per heavy atom. The van der Waals surface area contributed by atoms with E-state index in [4.69, 9.17) is 4.74 Å². The van der Waals surface area contributed by atoms with Crippen LogP contribution < -0.4 is 5.32 Å². The molecule has 0 unspecified atom stereocenters. The highest BCUT2D eigenvalue weighted by Crippen LogP contribution is 2.05. The molecule has 0 amide bonds. The first-order valence-electron chi connectivity index (χ1n) is 5.44. The third-order valence-electron chi connectivity index (χ3n) is 2.22. The van der Waals surface area contributed by atoms with Crippen molar-refractivity contribution >= 4 is 15.8 Å². The van der Waals surface area contributed by atoms with Crippen molar-refractivity contribution < 1.29 is 13.2 Å². The number of ether oxygens (including phenoxy) is 1. The molecule has 0 aromatic carbocycles. The molecule has 98 valence electrons. The summed E-state index contributed by atoms with van der Waals surface area (Å²) >= 11 is 0. The highest BCUT2D eigenvalue weighted by atomic mass is 32.2. The predicted octanol–water partition coefficient (Wildman–Crippen LogP) is 0.376. The number of aryl methyl sites for hydroxylation is 1. The lowest BCUT2D eigenvalue weighted by Crippen LogP contribution is -2.16. The number of sulfone groups is 1. The summed E-state index contributed by atoms with van der Waals surface area (Å²) in [5.41, 5.74) is 0. The topological polar surface area (TPSA) is 73.2 Å². The summed E-state index contributed by atoms with van der Waals surface area (Å²) in [5.74, 6) is 0.808. The molecule has 0 bridgehead atoms. The monoisotopic (exact) mass is 261 g/mol.